The topological polar surface area (TPSA) is 121 Å². The average molecular weight is 635 g/mol. The second kappa shape index (κ2) is 10.6. The van der Waals surface area contributed by atoms with E-state index >= 15 is 0 Å². The number of hydrogen-bond acceptors (Lipinski definition) is 9. The van der Waals surface area contributed by atoms with E-state index in [0.29, 0.717) is 24.2 Å². The number of carbonyl (C=O) groups is 1. The van der Waals surface area contributed by atoms with Crippen molar-refractivity contribution in [2.24, 2.45) is 18.9 Å². The van der Waals surface area contributed by atoms with Crippen LogP contribution in [0.3, 0.4) is 0 Å². The molecule has 1 N–H and O–H groups in total. The van der Waals surface area contributed by atoms with Crippen LogP contribution in [0.4, 0.5) is 33.7 Å². The third-order valence-corrected chi connectivity index (χ3v) is 11.5. The second-order valence-corrected chi connectivity index (χ2v) is 14.2. The van der Waals surface area contributed by atoms with Gasteiger partial charge in [-0.25, -0.2) is 26.3 Å². The first-order valence-electron chi connectivity index (χ1n) is 13.4. The monoisotopic (exact) mass is 634 g/mol. The van der Waals surface area contributed by atoms with E-state index in [1.54, 1.807) is 4.57 Å². The summed E-state index contributed by atoms with van der Waals surface area (Å²) in [6.07, 6.45) is 1.05. The molecule has 17 heteroatoms. The first-order chi connectivity index (χ1) is 19.8. The number of thiophene rings is 1. The van der Waals surface area contributed by atoms with Gasteiger partial charge < -0.3 is 10.1 Å². The molecule has 0 spiro atoms. The highest BCUT2D eigenvalue weighted by atomic mass is 32.2. The van der Waals surface area contributed by atoms with Crippen molar-refractivity contribution in [2.45, 2.75) is 74.6 Å². The van der Waals surface area contributed by atoms with Crippen LogP contribution in [0.5, 0.6) is 5.88 Å². The molecule has 0 amide bonds. The number of carbonyl (C=O) groups excluding carboxylic acids is 1. The predicted molar refractivity (Wildman–Crippen MR) is 140 cm³/mol. The molecule has 0 unspecified atom stereocenters. The summed E-state index contributed by atoms with van der Waals surface area (Å²) in [6.45, 7) is -3.05. The fourth-order valence-corrected chi connectivity index (χ4v) is 9.65. The Hall–Kier alpha value is -3.08. The normalized spacial score (nSPS) is 24.7. The Bertz CT molecular complexity index is 1610. The quantitative estimate of drug-likeness (QED) is 0.308. The highest BCUT2D eigenvalue weighted by molar-refractivity contribution is 7.91. The van der Waals surface area contributed by atoms with Crippen molar-refractivity contribution in [2.75, 3.05) is 11.1 Å². The molecule has 2 atom stereocenters. The number of aryl methyl sites for hydroxylation is 2. The number of Topliss-reactive ketones (excluding diaryl/α,β-unsaturated/α-hetero) is 1. The maximum absolute atomic E-state index is 13.7. The van der Waals surface area contributed by atoms with Gasteiger partial charge in [-0.2, -0.15) is 8.78 Å². The fourth-order valence-electron chi connectivity index (χ4n) is 5.76. The molecule has 0 saturated heterocycles. The Morgan fingerprint density at radius 1 is 1.31 bits per heavy atom. The summed E-state index contributed by atoms with van der Waals surface area (Å²) in [5, 5.41) is 14.9. The van der Waals surface area contributed by atoms with Gasteiger partial charge in [-0.3, -0.25) is 9.36 Å². The van der Waals surface area contributed by atoms with E-state index in [4.69, 9.17) is 0 Å². The molecule has 2 saturated carbocycles. The summed E-state index contributed by atoms with van der Waals surface area (Å²) < 4.78 is 101. The number of alkyl halides is 5. The molecule has 3 heterocycles. The summed E-state index contributed by atoms with van der Waals surface area (Å²) in [7, 11) is -2.44. The standard InChI is InChI=1S/C25H27F5N6O4S2/c1-35-20(8-21(34-35)40-23(27)28)32-24-33-31-11-36(24)14-2-3-18-15(6-14)22(42(38,39)10-12-4-13(26)5-12)19(41-18)7-17(37)16-9-25(16,29)30/h8,11-14,16,23H,2-7,9-10H2,1H3,(H,32,33)/t12?,13?,14-,16-/m0/s1. The molecule has 0 radical (unpaired) electrons. The van der Waals surface area contributed by atoms with Gasteiger partial charge in [0, 0.05) is 41.8 Å². The number of ether oxygens (including phenoxy) is 1. The molecule has 10 nitrogen and oxygen atoms in total. The molecular weight excluding hydrogens is 607 g/mol. The lowest BCUT2D eigenvalue weighted by molar-refractivity contribution is -0.121. The molecule has 3 aromatic heterocycles. The number of ketones is 1. The van der Waals surface area contributed by atoms with E-state index in [-0.39, 0.29) is 58.6 Å². The third kappa shape index (κ3) is 5.64. The molecular formula is C25H27F5N6O4S2. The third-order valence-electron chi connectivity index (χ3n) is 8.02. The molecule has 42 heavy (non-hydrogen) atoms. The van der Waals surface area contributed by atoms with Crippen LogP contribution in [-0.2, 0) is 40.9 Å². The molecule has 6 rings (SSSR count). The van der Waals surface area contributed by atoms with Gasteiger partial charge in [0.05, 0.1) is 16.6 Å². The van der Waals surface area contributed by atoms with Crippen molar-refractivity contribution in [3.8, 4) is 5.88 Å². The van der Waals surface area contributed by atoms with Gasteiger partial charge in [-0.15, -0.1) is 26.6 Å². The van der Waals surface area contributed by atoms with Crippen LogP contribution in [0.25, 0.3) is 0 Å². The van der Waals surface area contributed by atoms with Gasteiger partial charge in [-0.05, 0) is 43.6 Å². The van der Waals surface area contributed by atoms with Gasteiger partial charge in [0.2, 0.25) is 11.8 Å². The fraction of sp³-hybridized carbons (Fsp3) is 0.600. The lowest BCUT2D eigenvalue weighted by Crippen LogP contribution is -2.31. The Balaban J connectivity index is 1.28. The van der Waals surface area contributed by atoms with Crippen molar-refractivity contribution in [3.05, 3.63) is 27.7 Å². The van der Waals surface area contributed by atoms with E-state index in [2.05, 4.69) is 25.3 Å². The first kappa shape index (κ1) is 29.0. The number of nitrogens with one attached hydrogen (secondary N) is 1. The van der Waals surface area contributed by atoms with Crippen molar-refractivity contribution in [1.82, 2.24) is 24.5 Å². The van der Waals surface area contributed by atoms with E-state index in [1.807, 2.05) is 0 Å². The highest BCUT2D eigenvalue weighted by Crippen LogP contribution is 2.50. The van der Waals surface area contributed by atoms with E-state index in [1.165, 1.54) is 35.5 Å². The maximum Gasteiger partial charge on any atom is 0.388 e. The summed E-state index contributed by atoms with van der Waals surface area (Å²) in [4.78, 5) is 13.7. The molecule has 0 aliphatic heterocycles. The van der Waals surface area contributed by atoms with Crippen molar-refractivity contribution in [3.63, 3.8) is 0 Å². The van der Waals surface area contributed by atoms with E-state index < -0.39 is 53.1 Å². The van der Waals surface area contributed by atoms with Gasteiger partial charge in [-0.1, -0.05) is 0 Å². The van der Waals surface area contributed by atoms with Crippen LogP contribution >= 0.6 is 11.3 Å². The van der Waals surface area contributed by atoms with E-state index in [9.17, 15) is 35.2 Å². The zero-order valence-corrected chi connectivity index (χ0v) is 23.9. The molecule has 3 aromatic rings. The van der Waals surface area contributed by atoms with Crippen LogP contribution in [0.15, 0.2) is 17.3 Å². The minimum atomic E-state index is -3.95. The lowest BCUT2D eigenvalue weighted by Gasteiger charge is -2.30. The maximum atomic E-state index is 13.7. The number of halogens is 5. The number of aromatic nitrogens is 5. The lowest BCUT2D eigenvalue weighted by atomic mass is 9.85. The van der Waals surface area contributed by atoms with Crippen molar-refractivity contribution >= 4 is 38.7 Å². The minimum Gasteiger partial charge on any atom is -0.415 e. The zero-order valence-electron chi connectivity index (χ0n) is 22.3. The summed E-state index contributed by atoms with van der Waals surface area (Å²) in [5.74, 6) is -5.51. The molecule has 3 aliphatic rings. The SMILES string of the molecule is Cn1nc(OC(F)F)cc1Nc1nncn1[C@H]1CCc2sc(CC(=O)[C@@H]3CC3(F)F)c(S(=O)(=O)CC3CC(F)C3)c2C1. The Labute approximate surface area is 241 Å². The Morgan fingerprint density at radius 2 is 2.05 bits per heavy atom. The summed E-state index contributed by atoms with van der Waals surface area (Å²) >= 11 is 1.17. The van der Waals surface area contributed by atoms with E-state index in [0.717, 1.165) is 4.88 Å². The number of anilines is 2. The van der Waals surface area contributed by atoms with Crippen LogP contribution in [0.2, 0.25) is 0 Å². The van der Waals surface area contributed by atoms with Gasteiger partial charge in [0.1, 0.15) is 24.1 Å². The van der Waals surface area contributed by atoms with Crippen molar-refractivity contribution < 1.29 is 39.9 Å². The minimum absolute atomic E-state index is 0.00910. The van der Waals surface area contributed by atoms with Crippen LogP contribution in [-0.4, -0.2) is 63.2 Å². The zero-order chi connectivity index (χ0) is 30.0. The van der Waals surface area contributed by atoms with Crippen LogP contribution in [0.1, 0.15) is 47.0 Å². The first-order valence-corrected chi connectivity index (χ1v) is 15.8. The predicted octanol–water partition coefficient (Wildman–Crippen LogP) is 4.44. The highest BCUT2D eigenvalue weighted by Gasteiger charge is 2.60. The molecule has 0 bridgehead atoms. The number of rotatable bonds is 11. The largest absolute Gasteiger partial charge is 0.415 e. The number of hydrogen-bond donors (Lipinski definition) is 1. The molecule has 2 fully saturated rings. The second-order valence-electron chi connectivity index (χ2n) is 11.1. The van der Waals surface area contributed by atoms with Gasteiger partial charge >= 0.3 is 6.61 Å². The molecule has 3 aliphatic carbocycles. The number of nitrogens with zero attached hydrogens (tertiary/aromatic N) is 5. The van der Waals surface area contributed by atoms with Crippen molar-refractivity contribution in [1.29, 1.82) is 0 Å². The van der Waals surface area contributed by atoms with Crippen LogP contribution < -0.4 is 10.1 Å². The smallest absolute Gasteiger partial charge is 0.388 e. The average Bonchev–Trinajstić information content (AvgIpc) is 3.23. The van der Waals surface area contributed by atoms with Crippen LogP contribution in [0, 0.1) is 11.8 Å². The van der Waals surface area contributed by atoms with Gasteiger partial charge in [0.15, 0.2) is 9.84 Å². The number of fused-ring (bicyclic) bond motifs is 1. The molecule has 228 valence electrons. The number of sulfone groups is 1. The molecule has 0 aromatic carbocycles. The summed E-state index contributed by atoms with van der Waals surface area (Å²) in [6, 6.07) is 0.946. The Morgan fingerprint density at radius 3 is 2.71 bits per heavy atom. The Kier molecular flexibility index (Phi) is 7.30. The van der Waals surface area contributed by atoms with Gasteiger partial charge in [0.25, 0.3) is 5.92 Å². The summed E-state index contributed by atoms with van der Waals surface area (Å²) in [5.41, 5.74) is 0.533.